The first-order chi connectivity index (χ1) is 20.4. The average molecular weight is 587 g/mol. The third-order valence-corrected chi connectivity index (χ3v) is 9.41. The van der Waals surface area contributed by atoms with Gasteiger partial charge < -0.3 is 19.4 Å². The Labute approximate surface area is 246 Å². The second-order valence-corrected chi connectivity index (χ2v) is 12.2. The Kier molecular flexibility index (Phi) is 6.79. The Hall–Kier alpha value is -4.08. The first-order valence-electron chi connectivity index (χ1n) is 14.3. The van der Waals surface area contributed by atoms with Crippen LogP contribution in [0.5, 0.6) is 0 Å². The molecule has 2 saturated heterocycles. The summed E-state index contributed by atoms with van der Waals surface area (Å²) in [5.41, 5.74) is 3.85. The van der Waals surface area contributed by atoms with Crippen molar-refractivity contribution in [3.63, 3.8) is 0 Å². The first-order valence-corrected chi connectivity index (χ1v) is 15.1. The zero-order chi connectivity index (χ0) is 29.0. The molecular formula is C30H31FN8O2S. The van der Waals surface area contributed by atoms with Crippen LogP contribution in [-0.2, 0) is 9.53 Å². The van der Waals surface area contributed by atoms with Crippen molar-refractivity contribution in [3.8, 4) is 17.3 Å². The molecule has 7 rings (SSSR count). The number of ether oxygens (including phenoxy) is 1. The fourth-order valence-electron chi connectivity index (χ4n) is 5.90. The van der Waals surface area contributed by atoms with E-state index in [0.717, 1.165) is 54.9 Å². The Morgan fingerprint density at radius 1 is 1.14 bits per heavy atom. The number of halogens is 1. The molecular weight excluding hydrogens is 555 g/mol. The number of aryl methyl sites for hydroxylation is 1. The SMILES string of the molecule is Cc1nc2nn(C3CC3)c(N(C)c3nc(-c4ccc(F)cc4)c(C#N)s3)c2cc1N1CCN(C(=O)[C@H]2CCOC2)CC1. The van der Waals surface area contributed by atoms with Crippen LogP contribution in [0.15, 0.2) is 30.3 Å². The van der Waals surface area contributed by atoms with Gasteiger partial charge in [-0.25, -0.2) is 19.0 Å². The van der Waals surface area contributed by atoms with Gasteiger partial charge in [0.1, 0.15) is 28.3 Å². The molecule has 5 heterocycles. The number of carbonyl (C=O) groups excluding carboxylic acids is 1. The lowest BCUT2D eigenvalue weighted by molar-refractivity contribution is -0.135. The van der Waals surface area contributed by atoms with E-state index >= 15 is 0 Å². The molecule has 216 valence electrons. The van der Waals surface area contributed by atoms with Gasteiger partial charge in [0.25, 0.3) is 0 Å². The van der Waals surface area contributed by atoms with Crippen molar-refractivity contribution in [3.05, 3.63) is 46.7 Å². The van der Waals surface area contributed by atoms with Crippen molar-refractivity contribution in [2.75, 3.05) is 56.2 Å². The van der Waals surface area contributed by atoms with Crippen LogP contribution >= 0.6 is 11.3 Å². The van der Waals surface area contributed by atoms with E-state index in [1.54, 1.807) is 12.1 Å². The van der Waals surface area contributed by atoms with Gasteiger partial charge in [0.15, 0.2) is 10.8 Å². The van der Waals surface area contributed by atoms with Crippen LogP contribution in [-0.4, -0.2) is 77.0 Å². The molecule has 3 aromatic heterocycles. The molecule has 1 aliphatic carbocycles. The summed E-state index contributed by atoms with van der Waals surface area (Å²) in [6.45, 7) is 6.00. The Morgan fingerprint density at radius 2 is 1.90 bits per heavy atom. The predicted octanol–water partition coefficient (Wildman–Crippen LogP) is 4.66. The molecule has 0 bridgehead atoms. The maximum atomic E-state index is 13.6. The number of carbonyl (C=O) groups is 1. The minimum Gasteiger partial charge on any atom is -0.381 e. The van der Waals surface area contributed by atoms with Crippen molar-refractivity contribution in [1.29, 1.82) is 5.26 Å². The van der Waals surface area contributed by atoms with Gasteiger partial charge in [-0.2, -0.15) is 10.4 Å². The third-order valence-electron chi connectivity index (χ3n) is 8.37. The number of nitrogens with zero attached hydrogens (tertiary/aromatic N) is 8. The van der Waals surface area contributed by atoms with Crippen LogP contribution in [0.1, 0.15) is 35.9 Å². The highest BCUT2D eigenvalue weighted by atomic mass is 32.1. The summed E-state index contributed by atoms with van der Waals surface area (Å²) < 4.78 is 21.0. The summed E-state index contributed by atoms with van der Waals surface area (Å²) in [4.78, 5) is 29.4. The Balaban J connectivity index is 1.21. The number of piperazine rings is 1. The van der Waals surface area contributed by atoms with Crippen LogP contribution in [0.2, 0.25) is 0 Å². The molecule has 1 atom stereocenters. The number of anilines is 3. The van der Waals surface area contributed by atoms with Gasteiger partial charge in [0, 0.05) is 45.4 Å². The molecule has 0 radical (unpaired) electrons. The van der Waals surface area contributed by atoms with E-state index in [9.17, 15) is 14.4 Å². The molecule has 0 spiro atoms. The van der Waals surface area contributed by atoms with Gasteiger partial charge in [-0.15, -0.1) is 0 Å². The Morgan fingerprint density at radius 3 is 2.57 bits per heavy atom. The van der Waals surface area contributed by atoms with Crippen molar-refractivity contribution in [1.82, 2.24) is 24.6 Å². The van der Waals surface area contributed by atoms with E-state index in [1.165, 1.54) is 23.5 Å². The minimum absolute atomic E-state index is 0.0151. The van der Waals surface area contributed by atoms with Gasteiger partial charge in [-0.1, -0.05) is 11.3 Å². The second kappa shape index (κ2) is 10.6. The zero-order valence-electron chi connectivity index (χ0n) is 23.6. The molecule has 1 amide bonds. The molecule has 3 aliphatic rings. The van der Waals surface area contributed by atoms with E-state index in [1.807, 2.05) is 28.5 Å². The van der Waals surface area contributed by atoms with Crippen molar-refractivity contribution < 1.29 is 13.9 Å². The summed E-state index contributed by atoms with van der Waals surface area (Å²) in [6, 6.07) is 10.8. The van der Waals surface area contributed by atoms with Gasteiger partial charge in [0.2, 0.25) is 5.91 Å². The fourth-order valence-corrected chi connectivity index (χ4v) is 6.75. The molecule has 1 aromatic carbocycles. The van der Waals surface area contributed by atoms with E-state index in [-0.39, 0.29) is 17.6 Å². The van der Waals surface area contributed by atoms with Crippen LogP contribution in [0.3, 0.4) is 0 Å². The second-order valence-electron chi connectivity index (χ2n) is 11.2. The van der Waals surface area contributed by atoms with E-state index in [4.69, 9.17) is 19.8 Å². The number of nitriles is 1. The zero-order valence-corrected chi connectivity index (χ0v) is 24.4. The van der Waals surface area contributed by atoms with E-state index in [0.29, 0.717) is 59.3 Å². The number of hydrogen-bond donors (Lipinski definition) is 0. The standard InChI is InChI=1S/C30H31FN8O2S/c1-18-24(37-10-12-38(13-11-37)29(40)20-9-14-41-17-20)15-23-27(33-18)35-39(22-7-8-22)28(23)36(2)30-34-26(25(16-32)42-30)19-3-5-21(31)6-4-19/h3-6,15,20,22H,7-14,17H2,1-2H3/t20-/m0/s1. The lowest BCUT2D eigenvalue weighted by Crippen LogP contribution is -2.50. The average Bonchev–Trinajstić information content (AvgIpc) is 3.38. The largest absolute Gasteiger partial charge is 0.381 e. The number of pyridine rings is 1. The molecule has 4 aromatic rings. The molecule has 0 unspecified atom stereocenters. The number of fused-ring (bicyclic) bond motifs is 1. The summed E-state index contributed by atoms with van der Waals surface area (Å²) in [6.07, 6.45) is 2.90. The molecule has 3 fully saturated rings. The van der Waals surface area contributed by atoms with Crippen LogP contribution in [0.25, 0.3) is 22.3 Å². The lowest BCUT2D eigenvalue weighted by Gasteiger charge is -2.37. The summed E-state index contributed by atoms with van der Waals surface area (Å²) in [5.74, 6) is 0.741. The smallest absolute Gasteiger partial charge is 0.228 e. The summed E-state index contributed by atoms with van der Waals surface area (Å²) in [5, 5.41) is 16.4. The molecule has 10 nitrogen and oxygen atoms in total. The van der Waals surface area contributed by atoms with Gasteiger partial charge in [-0.3, -0.25) is 4.79 Å². The molecule has 1 saturated carbocycles. The highest BCUT2D eigenvalue weighted by Gasteiger charge is 2.33. The maximum Gasteiger partial charge on any atom is 0.228 e. The number of hydrogen-bond acceptors (Lipinski definition) is 9. The Bertz CT molecular complexity index is 1690. The topological polar surface area (TPSA) is 103 Å². The number of rotatable bonds is 6. The summed E-state index contributed by atoms with van der Waals surface area (Å²) in [7, 11) is 1.94. The van der Waals surface area contributed by atoms with E-state index in [2.05, 4.69) is 17.0 Å². The minimum atomic E-state index is -0.334. The van der Waals surface area contributed by atoms with Crippen molar-refractivity contribution in [2.24, 2.45) is 5.92 Å². The highest BCUT2D eigenvalue weighted by molar-refractivity contribution is 7.16. The van der Waals surface area contributed by atoms with Crippen LogP contribution in [0, 0.1) is 30.0 Å². The first kappa shape index (κ1) is 26.8. The number of thiazole rings is 1. The van der Waals surface area contributed by atoms with Crippen molar-refractivity contribution in [2.45, 2.75) is 32.2 Å². The predicted molar refractivity (Wildman–Crippen MR) is 159 cm³/mol. The van der Waals surface area contributed by atoms with Gasteiger partial charge in [-0.05, 0) is 56.5 Å². The number of aromatic nitrogens is 4. The summed E-state index contributed by atoms with van der Waals surface area (Å²) >= 11 is 1.30. The normalized spacial score (nSPS) is 19.0. The number of benzene rings is 1. The quantitative estimate of drug-likeness (QED) is 0.321. The van der Waals surface area contributed by atoms with Crippen molar-refractivity contribution >= 4 is 44.9 Å². The van der Waals surface area contributed by atoms with Gasteiger partial charge >= 0.3 is 0 Å². The molecule has 2 aliphatic heterocycles. The monoisotopic (exact) mass is 586 g/mol. The van der Waals surface area contributed by atoms with E-state index < -0.39 is 0 Å². The molecule has 12 heteroatoms. The maximum absolute atomic E-state index is 13.6. The number of amides is 1. The fraction of sp³-hybridized carbons (Fsp3) is 0.433. The van der Waals surface area contributed by atoms with Crippen LogP contribution < -0.4 is 9.80 Å². The third kappa shape index (κ3) is 4.76. The lowest BCUT2D eigenvalue weighted by atomic mass is 10.1. The highest BCUT2D eigenvalue weighted by Crippen LogP contribution is 2.44. The van der Waals surface area contributed by atoms with Gasteiger partial charge in [0.05, 0.1) is 35.3 Å². The molecule has 42 heavy (non-hydrogen) atoms. The van der Waals surface area contributed by atoms with Crippen LogP contribution in [0.4, 0.5) is 21.0 Å². The molecule has 0 N–H and O–H groups in total.